The lowest BCUT2D eigenvalue weighted by atomic mass is 10.1. The Kier molecular flexibility index (Phi) is 7.10. The molecule has 0 aromatic rings. The molecule has 120 valence electrons. The van der Waals surface area contributed by atoms with Gasteiger partial charge in [-0.3, -0.25) is 19.8 Å². The maximum absolute atomic E-state index is 12.1. The predicted octanol–water partition coefficient (Wildman–Crippen LogP) is -0.942. The molecule has 0 aromatic carbocycles. The zero-order valence-corrected chi connectivity index (χ0v) is 12.8. The van der Waals surface area contributed by atoms with Crippen molar-refractivity contribution in [3.05, 3.63) is 0 Å². The average Bonchev–Trinajstić information content (AvgIpc) is 2.46. The number of carbonyl (C=O) groups is 3. The van der Waals surface area contributed by atoms with Crippen LogP contribution < -0.4 is 16.0 Å². The van der Waals surface area contributed by atoms with Crippen molar-refractivity contribution in [2.24, 2.45) is 0 Å². The Morgan fingerprint density at radius 1 is 1.38 bits per heavy atom. The Labute approximate surface area is 124 Å². The predicted molar refractivity (Wildman–Crippen MR) is 76.7 cm³/mol. The molecule has 0 radical (unpaired) electrons. The van der Waals surface area contributed by atoms with Crippen LogP contribution in [0.4, 0.5) is 4.79 Å². The number of amides is 3. The second kappa shape index (κ2) is 8.58. The summed E-state index contributed by atoms with van der Waals surface area (Å²) in [5, 5.41) is 7.87. The van der Waals surface area contributed by atoms with Gasteiger partial charge >= 0.3 is 12.0 Å². The van der Waals surface area contributed by atoms with Crippen LogP contribution in [0, 0.1) is 0 Å². The van der Waals surface area contributed by atoms with Gasteiger partial charge in [-0.2, -0.15) is 0 Å². The molecule has 0 spiro atoms. The van der Waals surface area contributed by atoms with Crippen LogP contribution in [0.5, 0.6) is 0 Å². The summed E-state index contributed by atoms with van der Waals surface area (Å²) in [6.45, 7) is 7.55. The monoisotopic (exact) mass is 300 g/mol. The van der Waals surface area contributed by atoms with Gasteiger partial charge in [-0.1, -0.05) is 0 Å². The van der Waals surface area contributed by atoms with E-state index in [4.69, 9.17) is 4.74 Å². The molecule has 1 fully saturated rings. The molecule has 21 heavy (non-hydrogen) atoms. The molecule has 1 aliphatic rings. The van der Waals surface area contributed by atoms with Crippen LogP contribution in [0.1, 0.15) is 20.8 Å². The molecule has 0 bridgehead atoms. The first-order valence-corrected chi connectivity index (χ1v) is 7.23. The van der Waals surface area contributed by atoms with E-state index in [2.05, 4.69) is 16.0 Å². The lowest BCUT2D eigenvalue weighted by molar-refractivity contribution is -0.152. The quantitative estimate of drug-likeness (QED) is 0.567. The molecule has 0 aliphatic carbocycles. The molecule has 2 atom stereocenters. The van der Waals surface area contributed by atoms with E-state index in [1.54, 1.807) is 25.7 Å². The van der Waals surface area contributed by atoms with Crippen LogP contribution in [0.25, 0.3) is 0 Å². The molecule has 1 rings (SSSR count). The zero-order valence-electron chi connectivity index (χ0n) is 12.8. The van der Waals surface area contributed by atoms with Crippen molar-refractivity contribution in [1.29, 1.82) is 0 Å². The minimum atomic E-state index is -0.593. The maximum Gasteiger partial charge on any atom is 0.324 e. The number of nitrogens with zero attached hydrogens (tertiary/aromatic N) is 1. The molecule has 1 heterocycles. The van der Waals surface area contributed by atoms with Crippen LogP contribution in [-0.2, 0) is 14.3 Å². The Balaban J connectivity index is 2.67. The fraction of sp³-hybridized carbons (Fsp3) is 0.769. The number of hydrogen-bond acceptors (Lipinski definition) is 6. The van der Waals surface area contributed by atoms with Gasteiger partial charge in [0.25, 0.3) is 0 Å². The van der Waals surface area contributed by atoms with Gasteiger partial charge in [0.15, 0.2) is 0 Å². The van der Waals surface area contributed by atoms with Crippen molar-refractivity contribution in [1.82, 2.24) is 20.9 Å². The van der Waals surface area contributed by atoms with E-state index < -0.39 is 24.0 Å². The Morgan fingerprint density at radius 3 is 2.71 bits per heavy atom. The van der Waals surface area contributed by atoms with E-state index in [0.717, 1.165) is 0 Å². The second-order valence-electron chi connectivity index (χ2n) is 4.73. The van der Waals surface area contributed by atoms with E-state index in [1.165, 1.54) is 0 Å². The van der Waals surface area contributed by atoms with Crippen molar-refractivity contribution in [3.63, 3.8) is 0 Å². The van der Waals surface area contributed by atoms with E-state index >= 15 is 0 Å². The number of carbonyl (C=O) groups excluding carboxylic acids is 3. The van der Waals surface area contributed by atoms with E-state index in [1.807, 2.05) is 0 Å². The first-order chi connectivity index (χ1) is 10.0. The highest BCUT2D eigenvalue weighted by Crippen LogP contribution is 2.10. The van der Waals surface area contributed by atoms with E-state index in [9.17, 15) is 14.4 Å². The molecule has 3 N–H and O–H groups in total. The van der Waals surface area contributed by atoms with Gasteiger partial charge in [-0.25, -0.2) is 4.79 Å². The molecule has 0 saturated carbocycles. The standard InChI is InChI=1S/C13H24N4O4/c1-4-15-13(20)16-11(18)9(3)17-7-6-14-8-10(17)12(19)21-5-2/h9-10,14H,4-8H2,1-3H3,(H2,15,16,18,20). The Hall–Kier alpha value is -1.67. The molecule has 2 unspecified atom stereocenters. The lowest BCUT2D eigenvalue weighted by Gasteiger charge is -2.37. The second-order valence-corrected chi connectivity index (χ2v) is 4.73. The van der Waals surface area contributed by atoms with E-state index in [0.29, 0.717) is 32.8 Å². The van der Waals surface area contributed by atoms with Crippen molar-refractivity contribution < 1.29 is 19.1 Å². The Bertz CT molecular complexity index is 388. The molecule has 8 heteroatoms. The van der Waals surface area contributed by atoms with Gasteiger partial charge in [0.2, 0.25) is 5.91 Å². The fourth-order valence-corrected chi connectivity index (χ4v) is 2.21. The summed E-state index contributed by atoms with van der Waals surface area (Å²) in [5.74, 6) is -0.792. The van der Waals surface area contributed by atoms with Crippen LogP contribution >= 0.6 is 0 Å². The largest absolute Gasteiger partial charge is 0.465 e. The fourth-order valence-electron chi connectivity index (χ4n) is 2.21. The highest BCUT2D eigenvalue weighted by atomic mass is 16.5. The molecular formula is C13H24N4O4. The van der Waals surface area contributed by atoms with Crippen molar-refractivity contribution >= 4 is 17.9 Å². The summed E-state index contributed by atoms with van der Waals surface area (Å²) in [6.07, 6.45) is 0. The zero-order chi connectivity index (χ0) is 15.8. The number of hydrogen-bond donors (Lipinski definition) is 3. The normalized spacial score (nSPS) is 20.4. The minimum absolute atomic E-state index is 0.294. The third-order valence-electron chi connectivity index (χ3n) is 3.29. The average molecular weight is 300 g/mol. The number of nitrogens with one attached hydrogen (secondary N) is 3. The first kappa shape index (κ1) is 17.4. The molecule has 0 aromatic heterocycles. The SMILES string of the molecule is CCNC(=O)NC(=O)C(C)N1CCNCC1C(=O)OCC. The van der Waals surface area contributed by atoms with Crippen molar-refractivity contribution in [2.45, 2.75) is 32.9 Å². The lowest BCUT2D eigenvalue weighted by Crippen LogP contribution is -2.61. The van der Waals surface area contributed by atoms with Gasteiger partial charge in [0.05, 0.1) is 12.6 Å². The maximum atomic E-state index is 12.1. The number of rotatable bonds is 5. The summed E-state index contributed by atoms with van der Waals surface area (Å²) in [5.41, 5.74) is 0. The van der Waals surface area contributed by atoms with Crippen molar-refractivity contribution in [3.8, 4) is 0 Å². The summed E-state index contributed by atoms with van der Waals surface area (Å²) in [4.78, 5) is 37.2. The molecule has 3 amide bonds. The van der Waals surface area contributed by atoms with Crippen LogP contribution in [0.3, 0.4) is 0 Å². The first-order valence-electron chi connectivity index (χ1n) is 7.23. The summed E-state index contributed by atoms with van der Waals surface area (Å²) in [7, 11) is 0. The molecular weight excluding hydrogens is 276 g/mol. The van der Waals surface area contributed by atoms with E-state index in [-0.39, 0.29) is 5.97 Å². The third-order valence-corrected chi connectivity index (χ3v) is 3.29. The molecule has 8 nitrogen and oxygen atoms in total. The van der Waals surface area contributed by atoms with Crippen LogP contribution in [-0.4, -0.2) is 67.7 Å². The van der Waals surface area contributed by atoms with Crippen LogP contribution in [0.15, 0.2) is 0 Å². The highest BCUT2D eigenvalue weighted by Gasteiger charge is 2.35. The number of urea groups is 1. The highest BCUT2D eigenvalue weighted by molar-refractivity contribution is 5.97. The van der Waals surface area contributed by atoms with Gasteiger partial charge in [-0.05, 0) is 20.8 Å². The summed E-state index contributed by atoms with van der Waals surface area (Å²) in [6, 6.07) is -1.64. The number of ether oxygens (including phenoxy) is 1. The van der Waals surface area contributed by atoms with Crippen LogP contribution in [0.2, 0.25) is 0 Å². The number of imide groups is 1. The Morgan fingerprint density at radius 2 is 2.10 bits per heavy atom. The third kappa shape index (κ3) is 4.98. The summed E-state index contributed by atoms with van der Waals surface area (Å²) >= 11 is 0. The summed E-state index contributed by atoms with van der Waals surface area (Å²) < 4.78 is 5.03. The number of piperazine rings is 1. The minimum Gasteiger partial charge on any atom is -0.465 e. The smallest absolute Gasteiger partial charge is 0.324 e. The molecule has 1 saturated heterocycles. The van der Waals surface area contributed by atoms with Crippen molar-refractivity contribution in [2.75, 3.05) is 32.8 Å². The number of esters is 1. The van der Waals surface area contributed by atoms with Gasteiger partial charge in [0, 0.05) is 26.2 Å². The topological polar surface area (TPSA) is 99.8 Å². The molecule has 1 aliphatic heterocycles. The van der Waals surface area contributed by atoms with Gasteiger partial charge in [-0.15, -0.1) is 0 Å². The van der Waals surface area contributed by atoms with Gasteiger partial charge < -0.3 is 15.4 Å². The van der Waals surface area contributed by atoms with Gasteiger partial charge in [0.1, 0.15) is 6.04 Å².